The van der Waals surface area contributed by atoms with Crippen LogP contribution in [0.4, 0.5) is 5.69 Å². The van der Waals surface area contributed by atoms with Gasteiger partial charge in [-0.1, -0.05) is 29.9 Å². The molecule has 0 fully saturated rings. The summed E-state index contributed by atoms with van der Waals surface area (Å²) in [6.45, 7) is 4.35. The fourth-order valence-corrected chi connectivity index (χ4v) is 2.21. The summed E-state index contributed by atoms with van der Waals surface area (Å²) in [5, 5.41) is 0.589. The number of benzene rings is 1. The Labute approximate surface area is 112 Å². The minimum Gasteiger partial charge on any atom is -0.389 e. The molecule has 0 aliphatic heterocycles. The maximum atomic E-state index is 6.13. The van der Waals surface area contributed by atoms with E-state index < -0.39 is 0 Å². The minimum atomic E-state index is 0.321. The first-order valence-electron chi connectivity index (χ1n) is 5.44. The van der Waals surface area contributed by atoms with Gasteiger partial charge in [-0.3, -0.25) is 0 Å². The smallest absolute Gasteiger partial charge is 0.107 e. The highest BCUT2D eigenvalue weighted by Crippen LogP contribution is 2.27. The second kappa shape index (κ2) is 6.79. The number of hydrogen-bond donors (Lipinski definition) is 1. The van der Waals surface area contributed by atoms with Gasteiger partial charge in [-0.05, 0) is 19.1 Å². The molecule has 0 atom stereocenters. The summed E-state index contributed by atoms with van der Waals surface area (Å²) < 4.78 is 5.09. The first-order chi connectivity index (χ1) is 8.11. The van der Waals surface area contributed by atoms with E-state index in [-0.39, 0.29) is 0 Å². The predicted octanol–water partition coefficient (Wildman–Crippen LogP) is 2.45. The highest BCUT2D eigenvalue weighted by Gasteiger charge is 2.14. The van der Waals surface area contributed by atoms with E-state index in [4.69, 9.17) is 34.3 Å². The maximum Gasteiger partial charge on any atom is 0.107 e. The van der Waals surface area contributed by atoms with Crippen molar-refractivity contribution in [2.24, 2.45) is 5.73 Å². The minimum absolute atomic E-state index is 0.321. The Balaban J connectivity index is 3.09. The molecular formula is C12H17ClN2OS. The van der Waals surface area contributed by atoms with E-state index in [1.807, 2.05) is 12.1 Å². The molecule has 0 heterocycles. The van der Waals surface area contributed by atoms with Crippen molar-refractivity contribution in [2.75, 3.05) is 31.7 Å². The predicted molar refractivity (Wildman–Crippen MR) is 77.1 cm³/mol. The van der Waals surface area contributed by atoms with Crippen LogP contribution in [0.1, 0.15) is 12.5 Å². The van der Waals surface area contributed by atoms with Crippen LogP contribution >= 0.6 is 23.8 Å². The van der Waals surface area contributed by atoms with Crippen molar-refractivity contribution < 1.29 is 4.74 Å². The third kappa shape index (κ3) is 3.56. The summed E-state index contributed by atoms with van der Waals surface area (Å²) in [7, 11) is 1.68. The van der Waals surface area contributed by atoms with Crippen LogP contribution in [0.3, 0.4) is 0 Å². The zero-order valence-corrected chi connectivity index (χ0v) is 11.6. The van der Waals surface area contributed by atoms with Gasteiger partial charge in [-0.2, -0.15) is 0 Å². The molecule has 0 aliphatic rings. The molecule has 2 N–H and O–H groups in total. The molecule has 17 heavy (non-hydrogen) atoms. The van der Waals surface area contributed by atoms with Gasteiger partial charge in [0, 0.05) is 25.9 Å². The standard InChI is InChI=1S/C12H17ClN2OS/c1-3-15(7-8-16-2)10-6-4-5-9(13)11(10)12(14)17/h4-6H,3,7-8H2,1-2H3,(H2,14,17). The normalized spacial score (nSPS) is 10.3. The monoisotopic (exact) mass is 272 g/mol. The lowest BCUT2D eigenvalue weighted by Gasteiger charge is -2.25. The van der Waals surface area contributed by atoms with Crippen molar-refractivity contribution >= 4 is 34.5 Å². The van der Waals surface area contributed by atoms with Crippen LogP contribution in [0, 0.1) is 0 Å². The molecule has 0 radical (unpaired) electrons. The molecule has 3 nitrogen and oxygen atoms in total. The van der Waals surface area contributed by atoms with Crippen LogP contribution in [0.15, 0.2) is 18.2 Å². The number of nitrogens with two attached hydrogens (primary N) is 1. The molecule has 0 aliphatic carbocycles. The van der Waals surface area contributed by atoms with E-state index in [9.17, 15) is 0 Å². The van der Waals surface area contributed by atoms with Crippen LogP contribution in [0.5, 0.6) is 0 Å². The van der Waals surface area contributed by atoms with E-state index in [2.05, 4.69) is 11.8 Å². The molecule has 1 aromatic rings. The van der Waals surface area contributed by atoms with Crippen LogP contribution in [-0.2, 0) is 4.74 Å². The molecule has 5 heteroatoms. The van der Waals surface area contributed by atoms with E-state index in [1.165, 1.54) is 0 Å². The van der Waals surface area contributed by atoms with Crippen LogP contribution in [-0.4, -0.2) is 31.8 Å². The van der Waals surface area contributed by atoms with Crippen molar-refractivity contribution in [3.8, 4) is 0 Å². The number of thiocarbonyl (C=S) groups is 1. The number of nitrogens with zero attached hydrogens (tertiary/aromatic N) is 1. The van der Waals surface area contributed by atoms with Crippen LogP contribution < -0.4 is 10.6 Å². The summed E-state index contributed by atoms with van der Waals surface area (Å²) in [6, 6.07) is 5.66. The van der Waals surface area contributed by atoms with Gasteiger partial charge in [0.2, 0.25) is 0 Å². The third-order valence-electron chi connectivity index (χ3n) is 2.53. The molecule has 1 rings (SSSR count). The highest BCUT2D eigenvalue weighted by atomic mass is 35.5. The van der Waals surface area contributed by atoms with Crippen molar-refractivity contribution in [3.05, 3.63) is 28.8 Å². The van der Waals surface area contributed by atoms with Gasteiger partial charge in [0.25, 0.3) is 0 Å². The van der Waals surface area contributed by atoms with Crippen LogP contribution in [0.25, 0.3) is 0 Å². The Morgan fingerprint density at radius 3 is 2.76 bits per heavy atom. The summed E-state index contributed by atoms with van der Waals surface area (Å²) in [5.41, 5.74) is 7.43. The van der Waals surface area contributed by atoms with Crippen molar-refractivity contribution in [3.63, 3.8) is 0 Å². The Morgan fingerprint density at radius 2 is 2.24 bits per heavy atom. The van der Waals surface area contributed by atoms with Gasteiger partial charge < -0.3 is 15.4 Å². The van der Waals surface area contributed by atoms with Gasteiger partial charge in [-0.25, -0.2) is 0 Å². The Hall–Kier alpha value is -0.840. The zero-order valence-electron chi connectivity index (χ0n) is 10.1. The number of likely N-dealkylation sites (N-methyl/N-ethyl adjacent to an activating group) is 1. The Kier molecular flexibility index (Phi) is 5.68. The third-order valence-corrected chi connectivity index (χ3v) is 3.04. The van der Waals surface area contributed by atoms with E-state index in [1.54, 1.807) is 13.2 Å². The van der Waals surface area contributed by atoms with Gasteiger partial charge in [0.15, 0.2) is 0 Å². The second-order valence-electron chi connectivity index (χ2n) is 3.57. The highest BCUT2D eigenvalue weighted by molar-refractivity contribution is 7.80. The van der Waals surface area contributed by atoms with Crippen molar-refractivity contribution in [1.29, 1.82) is 0 Å². The maximum absolute atomic E-state index is 6.13. The van der Waals surface area contributed by atoms with Gasteiger partial charge in [-0.15, -0.1) is 0 Å². The van der Waals surface area contributed by atoms with Gasteiger partial charge >= 0.3 is 0 Å². The fourth-order valence-electron chi connectivity index (χ4n) is 1.67. The average molecular weight is 273 g/mol. The topological polar surface area (TPSA) is 38.5 Å². The SMILES string of the molecule is CCN(CCOC)c1cccc(Cl)c1C(N)=S. The second-order valence-corrected chi connectivity index (χ2v) is 4.42. The molecule has 0 aromatic heterocycles. The Morgan fingerprint density at radius 1 is 1.53 bits per heavy atom. The van der Waals surface area contributed by atoms with Crippen molar-refractivity contribution in [2.45, 2.75) is 6.92 Å². The van der Waals surface area contributed by atoms with E-state index in [0.717, 1.165) is 24.3 Å². The number of rotatable bonds is 6. The summed E-state index contributed by atoms with van der Waals surface area (Å²) in [6.07, 6.45) is 0. The molecule has 0 unspecified atom stereocenters. The molecule has 94 valence electrons. The quantitative estimate of drug-likeness (QED) is 0.808. The summed E-state index contributed by atoms with van der Waals surface area (Å²) in [5.74, 6) is 0. The van der Waals surface area contributed by atoms with Crippen molar-refractivity contribution in [1.82, 2.24) is 0 Å². The molecule has 1 aromatic carbocycles. The summed E-state index contributed by atoms with van der Waals surface area (Å²) in [4.78, 5) is 2.46. The van der Waals surface area contributed by atoms with Gasteiger partial charge in [0.1, 0.15) is 4.99 Å². The van der Waals surface area contributed by atoms with Crippen LogP contribution in [0.2, 0.25) is 5.02 Å². The fraction of sp³-hybridized carbons (Fsp3) is 0.417. The number of halogens is 1. The molecule has 0 saturated carbocycles. The lowest BCUT2D eigenvalue weighted by molar-refractivity contribution is 0.205. The number of methoxy groups -OCH3 is 1. The van der Waals surface area contributed by atoms with Gasteiger partial charge in [0.05, 0.1) is 17.2 Å². The van der Waals surface area contributed by atoms with E-state index in [0.29, 0.717) is 16.6 Å². The lowest BCUT2D eigenvalue weighted by atomic mass is 10.1. The number of anilines is 1. The first kappa shape index (κ1) is 14.2. The summed E-state index contributed by atoms with van der Waals surface area (Å²) >= 11 is 11.2. The molecule has 0 spiro atoms. The average Bonchev–Trinajstić information content (AvgIpc) is 2.29. The zero-order chi connectivity index (χ0) is 12.8. The lowest BCUT2D eigenvalue weighted by Crippen LogP contribution is -2.29. The molecule has 0 bridgehead atoms. The largest absolute Gasteiger partial charge is 0.389 e. The number of hydrogen-bond acceptors (Lipinski definition) is 3. The number of ether oxygens (including phenoxy) is 1. The van der Waals surface area contributed by atoms with E-state index >= 15 is 0 Å². The molecule has 0 amide bonds. The molecular weight excluding hydrogens is 256 g/mol. The first-order valence-corrected chi connectivity index (χ1v) is 6.22. The molecule has 0 saturated heterocycles. The Bertz CT molecular complexity index is 398.